The van der Waals surface area contributed by atoms with Crippen LogP contribution < -0.4 is 5.11 Å². The minimum Gasteiger partial charge on any atom is -0.550 e. The summed E-state index contributed by atoms with van der Waals surface area (Å²) in [6.45, 7) is 0. The maximum absolute atomic E-state index is 11.3. The fourth-order valence-corrected chi connectivity index (χ4v) is 3.43. The molecular weight excluding hydrogens is 245 g/mol. The third-order valence-corrected chi connectivity index (χ3v) is 4.89. The first-order chi connectivity index (χ1) is 6.54. The van der Waals surface area contributed by atoms with Gasteiger partial charge in [0.05, 0.1) is 12.5 Å². The van der Waals surface area contributed by atoms with E-state index < -0.39 is 42.2 Å². The molecule has 90 valence electrons. The van der Waals surface area contributed by atoms with Crippen molar-refractivity contribution in [3.63, 3.8) is 0 Å². The number of carbonyl (C=O) groups is 1. The molecule has 0 saturated carbocycles. The summed E-state index contributed by atoms with van der Waals surface area (Å²) in [7, 11) is -6.16. The topological polar surface area (TPSA) is 115 Å². The Morgan fingerprint density at radius 2 is 2.00 bits per heavy atom. The molecule has 0 aliphatic heterocycles. The van der Waals surface area contributed by atoms with Gasteiger partial charge in [-0.25, -0.2) is 8.42 Å². The normalized spacial score (nSPS) is 16.3. The van der Waals surface area contributed by atoms with E-state index in [9.17, 15) is 27.8 Å². The second kappa shape index (κ2) is 5.07. The minimum atomic E-state index is -3.77. The molecule has 0 aromatic rings. The lowest BCUT2D eigenvalue weighted by atomic mass is 10.5. The van der Waals surface area contributed by atoms with Gasteiger partial charge in [-0.2, -0.15) is 4.31 Å². The average molecular weight is 258 g/mol. The molecule has 15 heavy (non-hydrogen) atoms. The molecule has 7 nitrogen and oxygen atoms in total. The molecule has 0 rings (SSSR count). The van der Waals surface area contributed by atoms with Gasteiger partial charge < -0.3 is 14.8 Å². The van der Waals surface area contributed by atoms with Crippen LogP contribution >= 0.6 is 7.37 Å². The molecule has 1 N–H and O–H groups in total. The summed E-state index contributed by atoms with van der Waals surface area (Å²) in [6, 6.07) is 0. The second-order valence-corrected chi connectivity index (χ2v) is 7.71. The number of carboxylic acids is 1. The van der Waals surface area contributed by atoms with Crippen LogP contribution in [0.2, 0.25) is 0 Å². The number of carbonyl (C=O) groups excluding carboxylic acids is 1. The first-order valence-corrected chi connectivity index (χ1v) is 7.84. The lowest BCUT2D eigenvalue weighted by Crippen LogP contribution is -2.28. The Labute approximate surface area is 88.2 Å². The fraction of sp³-hybridized carbons (Fsp3) is 0.833. The highest BCUT2D eigenvalue weighted by atomic mass is 32.2. The van der Waals surface area contributed by atoms with Gasteiger partial charge in [0, 0.05) is 19.2 Å². The number of aliphatic carboxylic acids is 1. The zero-order valence-electron chi connectivity index (χ0n) is 8.41. The Balaban J connectivity index is 4.39. The maximum Gasteiger partial charge on any atom is 0.215 e. The van der Waals surface area contributed by atoms with Gasteiger partial charge in [0.25, 0.3) is 0 Å². The largest absolute Gasteiger partial charge is 0.550 e. The van der Waals surface area contributed by atoms with Crippen LogP contribution in [-0.2, 0) is 19.4 Å². The van der Waals surface area contributed by atoms with Gasteiger partial charge in [-0.1, -0.05) is 0 Å². The quantitative estimate of drug-likeness (QED) is 0.565. The van der Waals surface area contributed by atoms with Crippen molar-refractivity contribution in [2.75, 3.05) is 25.8 Å². The third kappa shape index (κ3) is 6.62. The molecule has 1 atom stereocenters. The van der Waals surface area contributed by atoms with Crippen molar-refractivity contribution in [1.29, 1.82) is 0 Å². The van der Waals surface area contributed by atoms with Crippen LogP contribution in [0.15, 0.2) is 0 Å². The highest BCUT2D eigenvalue weighted by Crippen LogP contribution is 2.41. The van der Waals surface area contributed by atoms with Crippen LogP contribution in [0, 0.1) is 0 Å². The van der Waals surface area contributed by atoms with Crippen LogP contribution in [0.25, 0.3) is 0 Å². The zero-order chi connectivity index (χ0) is 12.3. The first-order valence-electron chi connectivity index (χ1n) is 3.96. The summed E-state index contributed by atoms with van der Waals surface area (Å²) in [6.07, 6.45) is -0.745. The van der Waals surface area contributed by atoms with Gasteiger partial charge >= 0.3 is 0 Å². The van der Waals surface area contributed by atoms with Crippen molar-refractivity contribution >= 4 is 23.4 Å². The Bertz CT molecular complexity index is 377. The molecule has 0 radical (unpaired) electrons. The molecule has 0 heterocycles. The summed E-state index contributed by atoms with van der Waals surface area (Å²) in [5, 5.41) is 10.1. The van der Waals surface area contributed by atoms with Crippen molar-refractivity contribution in [2.45, 2.75) is 6.42 Å². The number of nitrogens with zero attached hydrogens (tertiary/aromatic N) is 1. The molecule has 0 saturated heterocycles. The molecule has 0 aromatic heterocycles. The zero-order valence-corrected chi connectivity index (χ0v) is 10.1. The SMILES string of the molecule is CN(CP(=O)(O)CCC(=O)[O-])S(C)(=O)=O. The van der Waals surface area contributed by atoms with E-state index in [0.717, 1.165) is 13.3 Å². The van der Waals surface area contributed by atoms with Crippen LogP contribution in [0.4, 0.5) is 0 Å². The highest BCUT2D eigenvalue weighted by molar-refractivity contribution is 7.88. The van der Waals surface area contributed by atoms with Crippen molar-refractivity contribution < 1.29 is 27.8 Å². The number of hydrogen-bond acceptors (Lipinski definition) is 5. The van der Waals surface area contributed by atoms with E-state index in [-0.39, 0.29) is 0 Å². The van der Waals surface area contributed by atoms with E-state index in [1.165, 1.54) is 0 Å². The maximum atomic E-state index is 11.3. The molecule has 1 unspecified atom stereocenters. The summed E-state index contributed by atoms with van der Waals surface area (Å²) >= 11 is 0. The van der Waals surface area contributed by atoms with E-state index in [1.54, 1.807) is 0 Å². The monoisotopic (exact) mass is 258 g/mol. The summed E-state index contributed by atoms with van der Waals surface area (Å²) in [4.78, 5) is 19.3. The number of sulfonamides is 1. The average Bonchev–Trinajstić information content (AvgIpc) is 1.98. The van der Waals surface area contributed by atoms with Crippen molar-refractivity contribution in [3.8, 4) is 0 Å². The smallest absolute Gasteiger partial charge is 0.215 e. The van der Waals surface area contributed by atoms with Gasteiger partial charge in [0.15, 0.2) is 0 Å². The van der Waals surface area contributed by atoms with E-state index >= 15 is 0 Å². The molecule has 0 aromatic carbocycles. The predicted octanol–water partition coefficient (Wildman–Crippen LogP) is -1.75. The van der Waals surface area contributed by atoms with Crippen LogP contribution in [0.1, 0.15) is 6.42 Å². The van der Waals surface area contributed by atoms with Gasteiger partial charge in [-0.3, -0.25) is 4.57 Å². The molecule has 0 aliphatic carbocycles. The van der Waals surface area contributed by atoms with Crippen LogP contribution in [-0.4, -0.2) is 49.3 Å². The fourth-order valence-electron chi connectivity index (χ4n) is 0.753. The Morgan fingerprint density at radius 1 is 1.53 bits per heavy atom. The lowest BCUT2D eigenvalue weighted by molar-refractivity contribution is -0.305. The van der Waals surface area contributed by atoms with Gasteiger partial charge in [0.1, 0.15) is 0 Å². The molecule has 0 fully saturated rings. The minimum absolute atomic E-state index is 0.491. The van der Waals surface area contributed by atoms with E-state index in [2.05, 4.69) is 0 Å². The standard InChI is InChI=1S/C6H14NO6PS/c1-7(15(2,12)13)5-14(10,11)4-3-6(8)9/h3-5H2,1-2H3,(H,8,9)(H,10,11)/p-1. The van der Waals surface area contributed by atoms with E-state index in [1.807, 2.05) is 0 Å². The predicted molar refractivity (Wildman–Crippen MR) is 51.8 cm³/mol. The molecule has 9 heteroatoms. The van der Waals surface area contributed by atoms with Gasteiger partial charge in [-0.15, -0.1) is 0 Å². The lowest BCUT2D eigenvalue weighted by Gasteiger charge is -2.18. The Hall–Kier alpha value is -0.430. The highest BCUT2D eigenvalue weighted by Gasteiger charge is 2.24. The molecule has 0 amide bonds. The molecular formula is C6H13NO6PS-. The Morgan fingerprint density at radius 3 is 2.33 bits per heavy atom. The summed E-state index contributed by atoms with van der Waals surface area (Å²) < 4.78 is 33.9. The second-order valence-electron chi connectivity index (χ2n) is 3.19. The van der Waals surface area contributed by atoms with Gasteiger partial charge in [-0.05, 0) is 6.42 Å². The summed E-state index contributed by atoms with van der Waals surface area (Å²) in [5.74, 6) is -1.44. The van der Waals surface area contributed by atoms with Gasteiger partial charge in [0.2, 0.25) is 17.4 Å². The molecule has 0 aliphatic rings. The molecule has 0 bridgehead atoms. The van der Waals surface area contributed by atoms with E-state index in [4.69, 9.17) is 0 Å². The first kappa shape index (κ1) is 14.6. The number of rotatable bonds is 6. The third-order valence-electron chi connectivity index (χ3n) is 1.65. The number of carboxylic acid groups (broad SMARTS) is 1. The molecule has 0 spiro atoms. The van der Waals surface area contributed by atoms with E-state index in [0.29, 0.717) is 4.31 Å². The van der Waals surface area contributed by atoms with Crippen molar-refractivity contribution in [3.05, 3.63) is 0 Å². The summed E-state index contributed by atoms with van der Waals surface area (Å²) in [5.41, 5.74) is 0. The van der Waals surface area contributed by atoms with Crippen molar-refractivity contribution in [2.24, 2.45) is 0 Å². The van der Waals surface area contributed by atoms with Crippen LogP contribution in [0.3, 0.4) is 0 Å². The van der Waals surface area contributed by atoms with Crippen LogP contribution in [0.5, 0.6) is 0 Å². The van der Waals surface area contributed by atoms with Crippen molar-refractivity contribution in [1.82, 2.24) is 4.31 Å². The Kier molecular flexibility index (Phi) is 4.92. The number of hydrogen-bond donors (Lipinski definition) is 1.